The molecule has 1 saturated heterocycles. The Morgan fingerprint density at radius 3 is 2.78 bits per heavy atom. The average Bonchev–Trinajstić information content (AvgIpc) is 2.94. The van der Waals surface area contributed by atoms with Gasteiger partial charge in [-0.25, -0.2) is 8.42 Å². The van der Waals surface area contributed by atoms with Gasteiger partial charge in [0.1, 0.15) is 6.10 Å². The number of fused-ring (bicyclic) bond motifs is 1. The van der Waals surface area contributed by atoms with Crippen molar-refractivity contribution in [2.75, 3.05) is 26.3 Å². The summed E-state index contributed by atoms with van der Waals surface area (Å²) < 4.78 is 44.7. The highest BCUT2D eigenvalue weighted by Gasteiger charge is 2.32. The van der Waals surface area contributed by atoms with Crippen LogP contribution in [0.1, 0.15) is 19.3 Å². The predicted molar refractivity (Wildman–Crippen MR) is 96.5 cm³/mol. The second-order valence-corrected chi connectivity index (χ2v) is 8.40. The lowest BCUT2D eigenvalue weighted by Gasteiger charge is -2.31. The molecule has 144 valence electrons. The molecule has 0 saturated carbocycles. The van der Waals surface area contributed by atoms with Crippen LogP contribution in [0.2, 0.25) is 0 Å². The number of benzene rings is 1. The largest absolute Gasteiger partial charge is 0.490 e. The molecular weight excluding hydrogens is 370 g/mol. The van der Waals surface area contributed by atoms with Crippen molar-refractivity contribution in [3.05, 3.63) is 36.5 Å². The lowest BCUT2D eigenvalue weighted by atomic mass is 10.1. The monoisotopic (exact) mass is 391 g/mol. The average molecular weight is 391 g/mol. The number of sulfonamides is 1. The number of hydrogen-bond acceptors (Lipinski definition) is 7. The first-order chi connectivity index (χ1) is 13.1. The molecule has 3 heterocycles. The highest BCUT2D eigenvalue weighted by molar-refractivity contribution is 7.89. The normalized spacial score (nSPS) is 20.7. The third-order valence-electron chi connectivity index (χ3n) is 4.53. The van der Waals surface area contributed by atoms with Gasteiger partial charge in [0.2, 0.25) is 15.9 Å². The van der Waals surface area contributed by atoms with Crippen LogP contribution in [0.25, 0.3) is 0 Å². The molecule has 0 N–H and O–H groups in total. The van der Waals surface area contributed by atoms with Crippen molar-refractivity contribution < 1.29 is 22.6 Å². The molecule has 1 unspecified atom stereocenters. The van der Waals surface area contributed by atoms with Crippen LogP contribution < -0.4 is 14.2 Å². The lowest BCUT2D eigenvalue weighted by molar-refractivity contribution is 0.123. The van der Waals surface area contributed by atoms with Gasteiger partial charge in [0.15, 0.2) is 11.5 Å². The second-order valence-electron chi connectivity index (χ2n) is 6.47. The van der Waals surface area contributed by atoms with Gasteiger partial charge in [-0.3, -0.25) is 0 Å². The smallest absolute Gasteiger partial charge is 0.243 e. The van der Waals surface area contributed by atoms with Gasteiger partial charge in [-0.15, -0.1) is 5.10 Å². The molecular formula is C18H21N3O5S. The van der Waals surface area contributed by atoms with E-state index in [2.05, 4.69) is 10.2 Å². The Morgan fingerprint density at radius 1 is 1.11 bits per heavy atom. The van der Waals surface area contributed by atoms with Crippen molar-refractivity contribution in [3.8, 4) is 17.4 Å². The summed E-state index contributed by atoms with van der Waals surface area (Å²) >= 11 is 0. The van der Waals surface area contributed by atoms with Crippen LogP contribution in [0.3, 0.4) is 0 Å². The van der Waals surface area contributed by atoms with Crippen molar-refractivity contribution in [1.29, 1.82) is 0 Å². The minimum Gasteiger partial charge on any atom is -0.490 e. The lowest BCUT2D eigenvalue weighted by Crippen LogP contribution is -2.44. The molecule has 2 aliphatic rings. The van der Waals surface area contributed by atoms with E-state index < -0.39 is 10.0 Å². The maximum atomic E-state index is 13.1. The van der Waals surface area contributed by atoms with Gasteiger partial charge in [-0.2, -0.15) is 9.40 Å². The molecule has 1 atom stereocenters. The standard InChI is InChI=1S/C18H21N3O5S/c22-27(23,15-6-7-16-17(12-15)25-11-3-10-24-16)21-9-2-4-14(13-21)26-18-5-1-8-19-20-18/h1,5-8,12,14H,2-4,9-11,13H2. The number of rotatable bonds is 4. The summed E-state index contributed by atoms with van der Waals surface area (Å²) in [5.41, 5.74) is 0. The SMILES string of the molecule is O=S(=O)(c1ccc2c(c1)OCCCO2)N1CCCC(Oc2cccnn2)C1. The summed E-state index contributed by atoms with van der Waals surface area (Å²) in [6.07, 6.45) is 3.56. The molecule has 0 aliphatic carbocycles. The summed E-state index contributed by atoms with van der Waals surface area (Å²) in [7, 11) is -3.65. The van der Waals surface area contributed by atoms with Crippen molar-refractivity contribution >= 4 is 10.0 Å². The molecule has 4 rings (SSSR count). The van der Waals surface area contributed by atoms with Crippen molar-refractivity contribution in [2.24, 2.45) is 0 Å². The maximum absolute atomic E-state index is 13.1. The van der Waals surface area contributed by atoms with E-state index in [4.69, 9.17) is 14.2 Å². The Balaban J connectivity index is 1.52. The Bertz CT molecular complexity index is 891. The fraction of sp³-hybridized carbons (Fsp3) is 0.444. The van der Waals surface area contributed by atoms with E-state index in [1.54, 1.807) is 36.5 Å². The van der Waals surface area contributed by atoms with Crippen LogP contribution in [0.15, 0.2) is 41.4 Å². The highest BCUT2D eigenvalue weighted by atomic mass is 32.2. The number of aromatic nitrogens is 2. The molecule has 9 heteroatoms. The van der Waals surface area contributed by atoms with Crippen LogP contribution in [-0.2, 0) is 10.0 Å². The third-order valence-corrected chi connectivity index (χ3v) is 6.39. The van der Waals surface area contributed by atoms with Gasteiger partial charge >= 0.3 is 0 Å². The van der Waals surface area contributed by atoms with Crippen LogP contribution in [0.4, 0.5) is 0 Å². The van der Waals surface area contributed by atoms with Crippen molar-refractivity contribution in [1.82, 2.24) is 14.5 Å². The van der Waals surface area contributed by atoms with E-state index in [0.29, 0.717) is 43.6 Å². The molecule has 27 heavy (non-hydrogen) atoms. The topological polar surface area (TPSA) is 90.9 Å². The van der Waals surface area contributed by atoms with Crippen molar-refractivity contribution in [3.63, 3.8) is 0 Å². The zero-order chi connectivity index (χ0) is 18.7. The quantitative estimate of drug-likeness (QED) is 0.786. The minimum absolute atomic E-state index is 0.201. The van der Waals surface area contributed by atoms with Gasteiger partial charge in [-0.1, -0.05) is 0 Å². The van der Waals surface area contributed by atoms with Gasteiger partial charge < -0.3 is 14.2 Å². The Morgan fingerprint density at radius 2 is 1.96 bits per heavy atom. The van der Waals surface area contributed by atoms with E-state index >= 15 is 0 Å². The van der Waals surface area contributed by atoms with E-state index in [1.165, 1.54) is 4.31 Å². The predicted octanol–water partition coefficient (Wildman–Crippen LogP) is 1.87. The molecule has 8 nitrogen and oxygen atoms in total. The van der Waals surface area contributed by atoms with E-state index in [0.717, 1.165) is 12.8 Å². The zero-order valence-corrected chi connectivity index (χ0v) is 15.6. The molecule has 2 aliphatic heterocycles. The number of nitrogens with zero attached hydrogens (tertiary/aromatic N) is 3. The van der Waals surface area contributed by atoms with Crippen LogP contribution in [0, 0.1) is 0 Å². The fourth-order valence-corrected chi connectivity index (χ4v) is 4.72. The van der Waals surface area contributed by atoms with E-state index in [9.17, 15) is 8.42 Å². The van der Waals surface area contributed by atoms with Crippen molar-refractivity contribution in [2.45, 2.75) is 30.3 Å². The number of piperidine rings is 1. The fourth-order valence-electron chi connectivity index (χ4n) is 3.19. The first kappa shape index (κ1) is 18.0. The van der Waals surface area contributed by atoms with E-state index in [1.807, 2.05) is 0 Å². The maximum Gasteiger partial charge on any atom is 0.243 e. The molecule has 0 amide bonds. The molecule has 2 aromatic rings. The molecule has 0 radical (unpaired) electrons. The Kier molecular flexibility index (Phi) is 5.13. The summed E-state index contributed by atoms with van der Waals surface area (Å²) in [5, 5.41) is 7.69. The Hall–Kier alpha value is -2.39. The van der Waals surface area contributed by atoms with Gasteiger partial charge in [0, 0.05) is 31.3 Å². The highest BCUT2D eigenvalue weighted by Crippen LogP contribution is 2.33. The Labute approximate surface area is 158 Å². The van der Waals surface area contributed by atoms with Crippen LogP contribution >= 0.6 is 0 Å². The number of ether oxygens (including phenoxy) is 3. The second kappa shape index (κ2) is 7.69. The van der Waals surface area contributed by atoms with Crippen LogP contribution in [-0.4, -0.2) is 55.3 Å². The first-order valence-electron chi connectivity index (χ1n) is 8.97. The van der Waals surface area contributed by atoms with E-state index in [-0.39, 0.29) is 17.5 Å². The number of hydrogen-bond donors (Lipinski definition) is 0. The van der Waals surface area contributed by atoms with Gasteiger partial charge in [-0.05, 0) is 31.0 Å². The summed E-state index contributed by atoms with van der Waals surface area (Å²) in [6, 6.07) is 8.21. The summed E-state index contributed by atoms with van der Waals surface area (Å²) in [5.74, 6) is 1.45. The van der Waals surface area contributed by atoms with Crippen LogP contribution in [0.5, 0.6) is 17.4 Å². The van der Waals surface area contributed by atoms with Gasteiger partial charge in [0.25, 0.3) is 0 Å². The summed E-state index contributed by atoms with van der Waals surface area (Å²) in [6.45, 7) is 1.80. The zero-order valence-electron chi connectivity index (χ0n) is 14.8. The molecule has 0 bridgehead atoms. The molecule has 0 spiro atoms. The third kappa shape index (κ3) is 3.98. The summed E-state index contributed by atoms with van der Waals surface area (Å²) in [4.78, 5) is 0.201. The molecule has 1 aromatic heterocycles. The first-order valence-corrected chi connectivity index (χ1v) is 10.4. The molecule has 1 aromatic carbocycles. The minimum atomic E-state index is -3.65. The molecule has 1 fully saturated rings. The van der Waals surface area contributed by atoms with Gasteiger partial charge in [0.05, 0.1) is 24.7 Å².